The molecule has 3 heterocycles. The molecule has 3 aromatic rings. The largest absolute Gasteiger partial charge is 0.372 e. The SMILES string of the molecule is c1cc(CNc2cc(Nc3ccc(N4CCCCC4)cc3)ncn2)ccn1. The Morgan fingerprint density at radius 2 is 1.59 bits per heavy atom. The number of pyridine rings is 1. The van der Waals surface area contributed by atoms with E-state index < -0.39 is 0 Å². The van der Waals surface area contributed by atoms with Gasteiger partial charge in [0.15, 0.2) is 0 Å². The van der Waals surface area contributed by atoms with Crippen LogP contribution in [0.4, 0.5) is 23.0 Å². The molecule has 0 amide bonds. The molecule has 6 heteroatoms. The maximum Gasteiger partial charge on any atom is 0.135 e. The Balaban J connectivity index is 1.37. The minimum Gasteiger partial charge on any atom is -0.372 e. The lowest BCUT2D eigenvalue weighted by atomic mass is 10.1. The van der Waals surface area contributed by atoms with E-state index in [2.05, 4.69) is 54.8 Å². The van der Waals surface area contributed by atoms with Crippen LogP contribution in [0.2, 0.25) is 0 Å². The minimum absolute atomic E-state index is 0.698. The van der Waals surface area contributed by atoms with E-state index in [4.69, 9.17) is 0 Å². The van der Waals surface area contributed by atoms with E-state index in [-0.39, 0.29) is 0 Å². The maximum atomic E-state index is 4.32. The fourth-order valence-electron chi connectivity index (χ4n) is 3.27. The molecule has 1 aliphatic heterocycles. The van der Waals surface area contributed by atoms with Gasteiger partial charge in [-0.25, -0.2) is 9.97 Å². The fraction of sp³-hybridized carbons (Fsp3) is 0.286. The number of hydrogen-bond donors (Lipinski definition) is 2. The summed E-state index contributed by atoms with van der Waals surface area (Å²) in [6.07, 6.45) is 9.07. The van der Waals surface area contributed by atoms with Crippen molar-refractivity contribution in [2.24, 2.45) is 0 Å². The van der Waals surface area contributed by atoms with Crippen molar-refractivity contribution in [3.8, 4) is 0 Å². The van der Waals surface area contributed by atoms with Crippen molar-refractivity contribution >= 4 is 23.0 Å². The first kappa shape index (κ1) is 17.3. The van der Waals surface area contributed by atoms with Crippen molar-refractivity contribution in [1.82, 2.24) is 15.0 Å². The number of aromatic nitrogens is 3. The lowest BCUT2D eigenvalue weighted by molar-refractivity contribution is 0.578. The Morgan fingerprint density at radius 1 is 0.852 bits per heavy atom. The Labute approximate surface area is 159 Å². The highest BCUT2D eigenvalue weighted by atomic mass is 15.1. The molecule has 0 radical (unpaired) electrons. The minimum atomic E-state index is 0.698. The molecule has 2 N–H and O–H groups in total. The molecule has 27 heavy (non-hydrogen) atoms. The average molecular weight is 360 g/mol. The highest BCUT2D eigenvalue weighted by Gasteiger charge is 2.10. The molecule has 0 saturated carbocycles. The number of benzene rings is 1. The van der Waals surface area contributed by atoms with Crippen molar-refractivity contribution in [1.29, 1.82) is 0 Å². The summed E-state index contributed by atoms with van der Waals surface area (Å²) in [5.74, 6) is 1.56. The second-order valence-corrected chi connectivity index (χ2v) is 6.72. The van der Waals surface area contributed by atoms with E-state index in [0.29, 0.717) is 6.54 Å². The summed E-state index contributed by atoms with van der Waals surface area (Å²) in [6.45, 7) is 3.01. The highest BCUT2D eigenvalue weighted by molar-refractivity contribution is 5.62. The summed E-state index contributed by atoms with van der Waals surface area (Å²) >= 11 is 0. The zero-order valence-electron chi connectivity index (χ0n) is 15.3. The predicted molar refractivity (Wildman–Crippen MR) is 109 cm³/mol. The Hall–Kier alpha value is -3.15. The van der Waals surface area contributed by atoms with Crippen LogP contribution in [0.25, 0.3) is 0 Å². The highest BCUT2D eigenvalue weighted by Crippen LogP contribution is 2.23. The Bertz CT molecular complexity index is 844. The molecule has 0 atom stereocenters. The number of piperidine rings is 1. The van der Waals surface area contributed by atoms with E-state index in [0.717, 1.165) is 36.0 Å². The van der Waals surface area contributed by atoms with Gasteiger partial charge in [-0.05, 0) is 61.2 Å². The number of rotatable bonds is 6. The van der Waals surface area contributed by atoms with Gasteiger partial charge in [0.2, 0.25) is 0 Å². The first-order valence-corrected chi connectivity index (χ1v) is 9.44. The molecular weight excluding hydrogens is 336 g/mol. The van der Waals surface area contributed by atoms with Crippen LogP contribution in [0.3, 0.4) is 0 Å². The van der Waals surface area contributed by atoms with Crippen LogP contribution in [0.5, 0.6) is 0 Å². The normalized spacial score (nSPS) is 14.0. The topological polar surface area (TPSA) is 66.0 Å². The summed E-state index contributed by atoms with van der Waals surface area (Å²) in [6, 6.07) is 14.5. The molecule has 1 fully saturated rings. The molecule has 6 nitrogen and oxygen atoms in total. The van der Waals surface area contributed by atoms with Crippen LogP contribution < -0.4 is 15.5 Å². The summed E-state index contributed by atoms with van der Waals surface area (Å²) in [4.78, 5) is 15.1. The molecule has 1 saturated heterocycles. The first-order chi connectivity index (χ1) is 13.4. The number of hydrogen-bond acceptors (Lipinski definition) is 6. The van der Waals surface area contributed by atoms with Gasteiger partial charge in [0, 0.05) is 49.5 Å². The lowest BCUT2D eigenvalue weighted by Gasteiger charge is -2.28. The molecule has 138 valence electrons. The molecule has 0 aliphatic carbocycles. The molecule has 0 spiro atoms. The zero-order chi connectivity index (χ0) is 18.3. The van der Waals surface area contributed by atoms with Gasteiger partial charge in [0.05, 0.1) is 0 Å². The fourth-order valence-corrected chi connectivity index (χ4v) is 3.27. The van der Waals surface area contributed by atoms with Crippen molar-refractivity contribution in [2.75, 3.05) is 28.6 Å². The van der Waals surface area contributed by atoms with Gasteiger partial charge < -0.3 is 15.5 Å². The Morgan fingerprint density at radius 3 is 2.37 bits per heavy atom. The van der Waals surface area contributed by atoms with Crippen LogP contribution in [0.1, 0.15) is 24.8 Å². The quantitative estimate of drug-likeness (QED) is 0.686. The van der Waals surface area contributed by atoms with Crippen LogP contribution in [0.15, 0.2) is 61.2 Å². The van der Waals surface area contributed by atoms with Gasteiger partial charge in [0.1, 0.15) is 18.0 Å². The van der Waals surface area contributed by atoms with Gasteiger partial charge in [0.25, 0.3) is 0 Å². The number of nitrogens with one attached hydrogen (secondary N) is 2. The third-order valence-corrected chi connectivity index (χ3v) is 4.75. The standard InChI is InChI=1S/C21H24N6/c1-2-12-27(13-3-1)19-6-4-18(5-7-19)26-21-14-20(24-16-25-21)23-15-17-8-10-22-11-9-17/h4-11,14,16H,1-3,12-13,15H2,(H2,23,24,25,26). The number of nitrogens with zero attached hydrogens (tertiary/aromatic N) is 4. The van der Waals surface area contributed by atoms with Gasteiger partial charge in [-0.15, -0.1) is 0 Å². The second kappa shape index (κ2) is 8.49. The van der Waals surface area contributed by atoms with Crippen LogP contribution in [0, 0.1) is 0 Å². The Kier molecular flexibility index (Phi) is 5.43. The summed E-state index contributed by atoms with van der Waals surface area (Å²) in [5.41, 5.74) is 3.48. The predicted octanol–water partition coefficient (Wildman–Crippen LogP) is 4.22. The monoisotopic (exact) mass is 360 g/mol. The van der Waals surface area contributed by atoms with E-state index in [1.165, 1.54) is 24.9 Å². The van der Waals surface area contributed by atoms with Gasteiger partial charge in [-0.1, -0.05) is 0 Å². The van der Waals surface area contributed by atoms with Crippen molar-refractivity contribution in [2.45, 2.75) is 25.8 Å². The third kappa shape index (κ3) is 4.73. The van der Waals surface area contributed by atoms with Crippen LogP contribution in [-0.2, 0) is 6.54 Å². The zero-order valence-corrected chi connectivity index (χ0v) is 15.3. The molecular formula is C21H24N6. The van der Waals surface area contributed by atoms with Crippen LogP contribution >= 0.6 is 0 Å². The first-order valence-electron chi connectivity index (χ1n) is 9.44. The number of anilines is 4. The molecule has 0 bridgehead atoms. The van der Waals surface area contributed by atoms with E-state index in [1.54, 1.807) is 18.7 Å². The third-order valence-electron chi connectivity index (χ3n) is 4.75. The van der Waals surface area contributed by atoms with E-state index >= 15 is 0 Å². The second-order valence-electron chi connectivity index (χ2n) is 6.72. The van der Waals surface area contributed by atoms with Crippen molar-refractivity contribution in [3.05, 3.63) is 66.7 Å². The van der Waals surface area contributed by atoms with E-state index in [1.807, 2.05) is 18.2 Å². The van der Waals surface area contributed by atoms with Gasteiger partial charge >= 0.3 is 0 Å². The molecule has 1 aromatic carbocycles. The average Bonchev–Trinajstić information content (AvgIpc) is 2.75. The smallest absolute Gasteiger partial charge is 0.135 e. The van der Waals surface area contributed by atoms with Crippen molar-refractivity contribution < 1.29 is 0 Å². The van der Waals surface area contributed by atoms with Gasteiger partial charge in [-0.3, -0.25) is 4.98 Å². The van der Waals surface area contributed by atoms with Crippen molar-refractivity contribution in [3.63, 3.8) is 0 Å². The maximum absolute atomic E-state index is 4.32. The van der Waals surface area contributed by atoms with Gasteiger partial charge in [-0.2, -0.15) is 0 Å². The summed E-state index contributed by atoms with van der Waals surface area (Å²) in [5, 5.41) is 6.67. The summed E-state index contributed by atoms with van der Waals surface area (Å²) < 4.78 is 0. The summed E-state index contributed by atoms with van der Waals surface area (Å²) in [7, 11) is 0. The molecule has 4 rings (SSSR count). The molecule has 0 unspecified atom stereocenters. The van der Waals surface area contributed by atoms with E-state index in [9.17, 15) is 0 Å². The molecule has 1 aliphatic rings. The lowest BCUT2D eigenvalue weighted by Crippen LogP contribution is -2.29. The molecule has 2 aromatic heterocycles. The van der Waals surface area contributed by atoms with Crippen LogP contribution in [-0.4, -0.2) is 28.0 Å².